The highest BCUT2D eigenvalue weighted by Crippen LogP contribution is 2.35. The summed E-state index contributed by atoms with van der Waals surface area (Å²) >= 11 is 0. The summed E-state index contributed by atoms with van der Waals surface area (Å²) in [7, 11) is 0. The molecule has 0 aliphatic carbocycles. The van der Waals surface area contributed by atoms with Crippen LogP contribution in [0.15, 0.2) is 12.1 Å². The molecule has 25 heavy (non-hydrogen) atoms. The average molecular weight is 343 g/mol. The van der Waals surface area contributed by atoms with Gasteiger partial charge in [0.2, 0.25) is 0 Å². The summed E-state index contributed by atoms with van der Waals surface area (Å²) < 4.78 is 11.5. The molecule has 136 valence electrons. The monoisotopic (exact) mass is 343 g/mol. The van der Waals surface area contributed by atoms with Crippen molar-refractivity contribution in [2.24, 2.45) is 5.41 Å². The molecule has 0 saturated heterocycles. The number of nitrogens with zero attached hydrogens (tertiary/aromatic N) is 1. The molecule has 0 aromatic heterocycles. The molecule has 1 atom stereocenters. The fraction of sp³-hybridized carbons (Fsp3) is 0.619. The van der Waals surface area contributed by atoms with Crippen LogP contribution in [0.2, 0.25) is 0 Å². The summed E-state index contributed by atoms with van der Waals surface area (Å²) in [5, 5.41) is 9.22. The van der Waals surface area contributed by atoms with Gasteiger partial charge in [-0.05, 0) is 77.1 Å². The quantitative estimate of drug-likeness (QED) is 0.755. The fourth-order valence-corrected chi connectivity index (χ4v) is 3.23. The van der Waals surface area contributed by atoms with Gasteiger partial charge in [0.15, 0.2) is 0 Å². The lowest BCUT2D eigenvalue weighted by Crippen LogP contribution is -2.29. The molecule has 0 N–H and O–H groups in total. The van der Waals surface area contributed by atoms with Crippen LogP contribution >= 0.6 is 0 Å². The Bertz CT molecular complexity index is 692. The van der Waals surface area contributed by atoms with E-state index in [1.54, 1.807) is 0 Å². The van der Waals surface area contributed by atoms with Crippen molar-refractivity contribution in [3.8, 4) is 11.8 Å². The van der Waals surface area contributed by atoms with Crippen LogP contribution in [0.4, 0.5) is 0 Å². The van der Waals surface area contributed by atoms with Crippen LogP contribution in [0, 0.1) is 23.7 Å². The molecule has 4 nitrogen and oxygen atoms in total. The highest BCUT2D eigenvalue weighted by molar-refractivity contribution is 5.74. The number of benzene rings is 1. The number of nitriles is 1. The second kappa shape index (κ2) is 7.07. The van der Waals surface area contributed by atoms with Gasteiger partial charge in [0.1, 0.15) is 17.5 Å². The number of hydrogen-bond donors (Lipinski definition) is 0. The van der Waals surface area contributed by atoms with E-state index in [-0.39, 0.29) is 23.9 Å². The Kier molecular flexibility index (Phi) is 5.46. The molecule has 1 aromatic rings. The van der Waals surface area contributed by atoms with Crippen molar-refractivity contribution in [2.75, 3.05) is 0 Å². The molecule has 0 unspecified atom stereocenters. The smallest absolute Gasteiger partial charge is 0.310 e. The van der Waals surface area contributed by atoms with Gasteiger partial charge < -0.3 is 9.47 Å². The predicted molar refractivity (Wildman–Crippen MR) is 97.5 cm³/mol. The van der Waals surface area contributed by atoms with Crippen LogP contribution in [0.1, 0.15) is 64.2 Å². The maximum atomic E-state index is 12.1. The Hall–Kier alpha value is -2.02. The third-order valence-electron chi connectivity index (χ3n) is 4.47. The van der Waals surface area contributed by atoms with Crippen LogP contribution in [0.3, 0.4) is 0 Å². The van der Waals surface area contributed by atoms with Gasteiger partial charge in [-0.25, -0.2) is 0 Å². The standard InChI is InChI=1S/C21H29NO3/c1-14-15(11-19(23)25-20(2,3)4)7-10-18-17(14)9-8-16(24-18)12-21(5,6)13-22/h7,10,16H,8-9,11-12H2,1-6H3/t16-/m0/s1. The van der Waals surface area contributed by atoms with E-state index in [0.717, 1.165) is 36.1 Å². The zero-order valence-corrected chi connectivity index (χ0v) is 16.2. The summed E-state index contributed by atoms with van der Waals surface area (Å²) in [6, 6.07) is 6.25. The molecule has 0 amide bonds. The second-order valence-electron chi connectivity index (χ2n) is 8.57. The van der Waals surface area contributed by atoms with Crippen LogP contribution in [0.25, 0.3) is 0 Å². The van der Waals surface area contributed by atoms with E-state index in [2.05, 4.69) is 6.07 Å². The van der Waals surface area contributed by atoms with Crippen LogP contribution < -0.4 is 4.74 Å². The van der Waals surface area contributed by atoms with E-state index in [9.17, 15) is 10.1 Å². The summed E-state index contributed by atoms with van der Waals surface area (Å²) in [5.74, 6) is 0.677. The van der Waals surface area contributed by atoms with Crippen molar-refractivity contribution in [1.29, 1.82) is 5.26 Å². The van der Waals surface area contributed by atoms with E-state index < -0.39 is 5.60 Å². The van der Waals surface area contributed by atoms with E-state index in [4.69, 9.17) is 9.47 Å². The first-order valence-corrected chi connectivity index (χ1v) is 8.92. The maximum Gasteiger partial charge on any atom is 0.310 e. The van der Waals surface area contributed by atoms with Crippen molar-refractivity contribution in [2.45, 2.75) is 78.9 Å². The average Bonchev–Trinajstić information content (AvgIpc) is 2.48. The lowest BCUT2D eigenvalue weighted by molar-refractivity contribution is -0.153. The molecule has 0 saturated carbocycles. The Balaban J connectivity index is 2.11. The molecule has 0 spiro atoms. The number of carbonyl (C=O) groups excluding carboxylic acids is 1. The molecule has 0 bridgehead atoms. The number of fused-ring (bicyclic) bond motifs is 1. The molecule has 1 heterocycles. The minimum absolute atomic E-state index is 0.0678. The Morgan fingerprint density at radius 2 is 2.00 bits per heavy atom. The van der Waals surface area contributed by atoms with Crippen molar-refractivity contribution in [3.05, 3.63) is 28.8 Å². The first kappa shape index (κ1) is 19.3. The van der Waals surface area contributed by atoms with Crippen molar-refractivity contribution in [3.63, 3.8) is 0 Å². The third kappa shape index (κ3) is 5.22. The number of hydrogen-bond acceptors (Lipinski definition) is 4. The lowest BCUT2D eigenvalue weighted by atomic mass is 9.84. The predicted octanol–water partition coefficient (Wildman–Crippen LogP) is 4.51. The zero-order chi connectivity index (χ0) is 18.8. The topological polar surface area (TPSA) is 59.3 Å². The maximum absolute atomic E-state index is 12.1. The van der Waals surface area contributed by atoms with E-state index in [1.807, 2.05) is 53.7 Å². The van der Waals surface area contributed by atoms with E-state index >= 15 is 0 Å². The second-order valence-corrected chi connectivity index (χ2v) is 8.57. The van der Waals surface area contributed by atoms with Crippen LogP contribution in [-0.2, 0) is 22.4 Å². The van der Waals surface area contributed by atoms with Crippen LogP contribution in [0.5, 0.6) is 5.75 Å². The van der Waals surface area contributed by atoms with Gasteiger partial charge in [-0.2, -0.15) is 5.26 Å². The number of carbonyl (C=O) groups is 1. The molecule has 4 heteroatoms. The minimum Gasteiger partial charge on any atom is -0.490 e. The van der Waals surface area contributed by atoms with Gasteiger partial charge >= 0.3 is 5.97 Å². The summed E-state index contributed by atoms with van der Waals surface area (Å²) in [5.41, 5.74) is 2.43. The van der Waals surface area contributed by atoms with Gasteiger partial charge in [-0.15, -0.1) is 0 Å². The number of esters is 1. The van der Waals surface area contributed by atoms with E-state index in [1.165, 1.54) is 5.56 Å². The third-order valence-corrected chi connectivity index (χ3v) is 4.47. The van der Waals surface area contributed by atoms with Gasteiger partial charge in [0, 0.05) is 6.42 Å². The first-order chi connectivity index (χ1) is 11.5. The lowest BCUT2D eigenvalue weighted by Gasteiger charge is -2.31. The van der Waals surface area contributed by atoms with Gasteiger partial charge in [0.25, 0.3) is 0 Å². The molecular weight excluding hydrogens is 314 g/mol. The molecular formula is C21H29NO3. The molecule has 1 aliphatic heterocycles. The van der Waals surface area contributed by atoms with E-state index in [0.29, 0.717) is 0 Å². The Morgan fingerprint density at radius 1 is 1.32 bits per heavy atom. The molecule has 0 radical (unpaired) electrons. The largest absolute Gasteiger partial charge is 0.490 e. The number of rotatable bonds is 4. The van der Waals surface area contributed by atoms with Gasteiger partial charge in [0.05, 0.1) is 17.9 Å². The highest BCUT2D eigenvalue weighted by atomic mass is 16.6. The SMILES string of the molecule is Cc1c(CC(=O)OC(C)(C)C)ccc2c1CC[C@@H](CC(C)(C)C#N)O2. The van der Waals surface area contributed by atoms with Crippen molar-refractivity contribution < 1.29 is 14.3 Å². The van der Waals surface area contributed by atoms with Gasteiger partial charge in [-0.1, -0.05) is 6.07 Å². The van der Waals surface area contributed by atoms with Crippen LogP contribution in [-0.4, -0.2) is 17.7 Å². The molecule has 2 rings (SSSR count). The fourth-order valence-electron chi connectivity index (χ4n) is 3.23. The van der Waals surface area contributed by atoms with Crippen molar-refractivity contribution >= 4 is 5.97 Å². The first-order valence-electron chi connectivity index (χ1n) is 8.92. The summed E-state index contributed by atoms with van der Waals surface area (Å²) in [6.07, 6.45) is 2.88. The summed E-state index contributed by atoms with van der Waals surface area (Å²) in [6.45, 7) is 11.6. The Labute approximate surface area is 151 Å². The number of ether oxygens (including phenoxy) is 2. The molecule has 0 fully saturated rings. The van der Waals surface area contributed by atoms with Gasteiger partial charge in [-0.3, -0.25) is 4.79 Å². The zero-order valence-electron chi connectivity index (χ0n) is 16.2. The molecule has 1 aliphatic rings. The normalized spacial score (nSPS) is 17.2. The van der Waals surface area contributed by atoms with Crippen molar-refractivity contribution in [1.82, 2.24) is 0 Å². The highest BCUT2D eigenvalue weighted by Gasteiger charge is 2.29. The molecule has 1 aromatic carbocycles. The summed E-state index contributed by atoms with van der Waals surface area (Å²) in [4.78, 5) is 12.1. The minimum atomic E-state index is -0.469. The Morgan fingerprint density at radius 3 is 2.60 bits per heavy atom.